The van der Waals surface area contributed by atoms with Gasteiger partial charge in [-0.2, -0.15) is 0 Å². The van der Waals surface area contributed by atoms with Gasteiger partial charge in [0.15, 0.2) is 18.2 Å². The first kappa shape index (κ1) is 26.9. The summed E-state index contributed by atoms with van der Waals surface area (Å²) >= 11 is 0. The Balaban J connectivity index is 1.43. The second kappa shape index (κ2) is 9.78. The molecule has 2 aliphatic carbocycles. The monoisotopic (exact) mass is 530 g/mol. The number of amides is 1. The van der Waals surface area contributed by atoms with Crippen LogP contribution in [-0.4, -0.2) is 36.0 Å². The van der Waals surface area contributed by atoms with Gasteiger partial charge in [0.05, 0.1) is 5.69 Å². The van der Waals surface area contributed by atoms with Gasteiger partial charge in [0.2, 0.25) is 0 Å². The number of rotatable bonds is 5. The SMILES string of the molecule is CN1C2=C(C(=O)CC(C)(C)C2)C(c2ccc(OCC(=O)Nc3ccccc3F)cc2)C2=C1CC(C)(C)CC2=O. The van der Waals surface area contributed by atoms with Crippen LogP contribution in [0.3, 0.4) is 0 Å². The summed E-state index contributed by atoms with van der Waals surface area (Å²) < 4.78 is 19.5. The fourth-order valence-electron chi connectivity index (χ4n) is 6.15. The van der Waals surface area contributed by atoms with E-state index in [2.05, 4.69) is 37.9 Å². The van der Waals surface area contributed by atoms with E-state index in [1.165, 1.54) is 12.1 Å². The number of nitrogens with zero attached hydrogens (tertiary/aromatic N) is 1. The number of carbonyl (C=O) groups excluding carboxylic acids is 3. The third kappa shape index (κ3) is 5.27. The summed E-state index contributed by atoms with van der Waals surface area (Å²) in [5.74, 6) is -0.769. The van der Waals surface area contributed by atoms with Crippen LogP contribution in [0.1, 0.15) is 64.9 Å². The molecule has 0 atom stereocenters. The van der Waals surface area contributed by atoms with E-state index in [0.29, 0.717) is 18.6 Å². The maximum absolute atomic E-state index is 13.8. The van der Waals surface area contributed by atoms with Crippen LogP contribution >= 0.6 is 0 Å². The molecule has 5 rings (SSSR count). The van der Waals surface area contributed by atoms with E-state index in [0.717, 1.165) is 40.9 Å². The molecule has 1 aliphatic heterocycles. The molecular formula is C32H35FN2O4. The summed E-state index contributed by atoms with van der Waals surface area (Å²) in [5, 5.41) is 2.50. The molecule has 2 aromatic rings. The van der Waals surface area contributed by atoms with Gasteiger partial charge < -0.3 is 15.0 Å². The molecule has 0 bridgehead atoms. The van der Waals surface area contributed by atoms with Gasteiger partial charge in [-0.25, -0.2) is 4.39 Å². The quantitative estimate of drug-likeness (QED) is 0.501. The third-order valence-corrected chi connectivity index (χ3v) is 7.91. The number of anilines is 1. The topological polar surface area (TPSA) is 75.7 Å². The zero-order chi connectivity index (χ0) is 28.1. The number of hydrogen-bond donors (Lipinski definition) is 1. The van der Waals surface area contributed by atoms with Gasteiger partial charge >= 0.3 is 0 Å². The minimum absolute atomic E-state index is 0.0902. The van der Waals surface area contributed by atoms with Crippen LogP contribution in [0.4, 0.5) is 10.1 Å². The number of ether oxygens (including phenoxy) is 1. The minimum Gasteiger partial charge on any atom is -0.484 e. The van der Waals surface area contributed by atoms with Crippen LogP contribution < -0.4 is 10.1 Å². The number of carbonyl (C=O) groups is 3. The van der Waals surface area contributed by atoms with E-state index < -0.39 is 17.6 Å². The zero-order valence-corrected chi connectivity index (χ0v) is 23.2. The van der Waals surface area contributed by atoms with Crippen molar-refractivity contribution >= 4 is 23.2 Å². The molecule has 2 aromatic carbocycles. The lowest BCUT2D eigenvalue weighted by atomic mass is 9.64. The lowest BCUT2D eigenvalue weighted by Crippen LogP contribution is -2.43. The van der Waals surface area contributed by atoms with Crippen LogP contribution in [0.25, 0.3) is 0 Å². The maximum Gasteiger partial charge on any atom is 0.262 e. The molecule has 6 nitrogen and oxygen atoms in total. The Morgan fingerprint density at radius 1 is 0.897 bits per heavy atom. The summed E-state index contributed by atoms with van der Waals surface area (Å²) in [4.78, 5) is 41.6. The van der Waals surface area contributed by atoms with Crippen LogP contribution in [0.15, 0.2) is 71.1 Å². The Bertz CT molecular complexity index is 1360. The number of allylic oxidation sites excluding steroid dienone is 4. The van der Waals surface area contributed by atoms with Gasteiger partial charge in [-0.3, -0.25) is 14.4 Å². The molecule has 204 valence electrons. The molecule has 0 fully saturated rings. The van der Waals surface area contributed by atoms with Crippen molar-refractivity contribution in [3.05, 3.63) is 82.5 Å². The van der Waals surface area contributed by atoms with E-state index in [9.17, 15) is 18.8 Å². The fourth-order valence-corrected chi connectivity index (χ4v) is 6.15. The Morgan fingerprint density at radius 2 is 1.44 bits per heavy atom. The van der Waals surface area contributed by atoms with Crippen molar-refractivity contribution in [2.75, 3.05) is 19.0 Å². The van der Waals surface area contributed by atoms with Gasteiger partial charge in [-0.15, -0.1) is 0 Å². The molecule has 0 saturated carbocycles. The molecule has 7 heteroatoms. The van der Waals surface area contributed by atoms with Crippen LogP contribution in [0.5, 0.6) is 5.75 Å². The van der Waals surface area contributed by atoms with Crippen molar-refractivity contribution in [1.82, 2.24) is 4.90 Å². The highest BCUT2D eigenvalue weighted by atomic mass is 19.1. The summed E-state index contributed by atoms with van der Waals surface area (Å²) in [6.07, 6.45) is 2.42. The number of benzene rings is 2. The first-order chi connectivity index (χ1) is 18.3. The fraction of sp³-hybridized carbons (Fsp3) is 0.406. The molecule has 0 spiro atoms. The van der Waals surface area contributed by atoms with Crippen LogP contribution in [0, 0.1) is 16.6 Å². The van der Waals surface area contributed by atoms with Crippen LogP contribution in [0.2, 0.25) is 0 Å². The predicted octanol–water partition coefficient (Wildman–Crippen LogP) is 6.16. The smallest absolute Gasteiger partial charge is 0.262 e. The Morgan fingerprint density at radius 3 is 1.97 bits per heavy atom. The zero-order valence-electron chi connectivity index (χ0n) is 23.2. The Kier molecular flexibility index (Phi) is 6.73. The number of para-hydroxylation sites is 1. The van der Waals surface area contributed by atoms with E-state index in [4.69, 9.17) is 4.74 Å². The molecule has 39 heavy (non-hydrogen) atoms. The van der Waals surface area contributed by atoms with Crippen molar-refractivity contribution in [1.29, 1.82) is 0 Å². The summed E-state index contributed by atoms with van der Waals surface area (Å²) in [7, 11) is 1.99. The molecule has 0 aromatic heterocycles. The normalized spacial score (nSPS) is 20.5. The first-order valence-electron chi connectivity index (χ1n) is 13.4. The molecule has 0 unspecified atom stereocenters. The molecule has 3 aliphatic rings. The molecule has 1 heterocycles. The van der Waals surface area contributed by atoms with Crippen molar-refractivity contribution in [3.63, 3.8) is 0 Å². The number of halogens is 1. The Labute approximate surface area is 228 Å². The lowest BCUT2D eigenvalue weighted by Gasteiger charge is -2.47. The summed E-state index contributed by atoms with van der Waals surface area (Å²) in [5.41, 5.74) is 4.11. The van der Waals surface area contributed by atoms with Crippen molar-refractivity contribution in [3.8, 4) is 5.75 Å². The molecule has 1 N–H and O–H groups in total. The maximum atomic E-state index is 13.8. The number of ketones is 2. The van der Waals surface area contributed by atoms with E-state index in [1.54, 1.807) is 24.3 Å². The standard InChI is InChI=1S/C32H35FN2O4/c1-31(2)14-23-29(25(36)16-31)28(30-24(35(23)5)15-32(3,4)17-26(30)37)19-10-12-20(13-11-19)39-18-27(38)34-22-9-7-6-8-21(22)33/h6-13,28H,14-18H2,1-5H3,(H,34,38). The second-order valence-electron chi connectivity index (χ2n) is 12.5. The lowest BCUT2D eigenvalue weighted by molar-refractivity contribution is -0.120. The third-order valence-electron chi connectivity index (χ3n) is 7.91. The van der Waals surface area contributed by atoms with Gasteiger partial charge in [-0.1, -0.05) is 52.0 Å². The van der Waals surface area contributed by atoms with Crippen LogP contribution in [-0.2, 0) is 14.4 Å². The first-order valence-corrected chi connectivity index (χ1v) is 13.4. The average Bonchev–Trinajstić information content (AvgIpc) is 2.85. The van der Waals surface area contributed by atoms with E-state index >= 15 is 0 Å². The highest BCUT2D eigenvalue weighted by molar-refractivity contribution is 6.06. The number of Topliss-reactive ketones (excluding diaryl/α,β-unsaturated/α-hetero) is 2. The molecule has 1 amide bonds. The van der Waals surface area contributed by atoms with Gasteiger partial charge in [0.25, 0.3) is 5.91 Å². The highest BCUT2D eigenvalue weighted by Crippen LogP contribution is 2.53. The van der Waals surface area contributed by atoms with Gasteiger partial charge in [0.1, 0.15) is 11.6 Å². The molecular weight excluding hydrogens is 495 g/mol. The van der Waals surface area contributed by atoms with Gasteiger partial charge in [-0.05, 0) is 53.5 Å². The highest BCUT2D eigenvalue weighted by Gasteiger charge is 2.48. The number of nitrogens with one attached hydrogen (secondary N) is 1. The summed E-state index contributed by atoms with van der Waals surface area (Å²) in [6, 6.07) is 13.2. The van der Waals surface area contributed by atoms with E-state index in [1.807, 2.05) is 19.2 Å². The second-order valence-corrected chi connectivity index (χ2v) is 12.5. The molecule has 0 radical (unpaired) electrons. The molecule has 0 saturated heterocycles. The van der Waals surface area contributed by atoms with E-state index in [-0.39, 0.29) is 34.7 Å². The summed E-state index contributed by atoms with van der Waals surface area (Å²) in [6.45, 7) is 8.18. The van der Waals surface area contributed by atoms with Crippen molar-refractivity contribution < 1.29 is 23.5 Å². The number of hydrogen-bond acceptors (Lipinski definition) is 5. The largest absolute Gasteiger partial charge is 0.484 e. The average molecular weight is 531 g/mol. The van der Waals surface area contributed by atoms with Gasteiger partial charge in [0, 0.05) is 48.3 Å². The predicted molar refractivity (Wildman–Crippen MR) is 148 cm³/mol. The van der Waals surface area contributed by atoms with Crippen molar-refractivity contribution in [2.24, 2.45) is 10.8 Å². The van der Waals surface area contributed by atoms with Crippen molar-refractivity contribution in [2.45, 2.75) is 59.3 Å². The Hall–Kier alpha value is -3.74. The minimum atomic E-state index is -0.517.